The third-order valence-corrected chi connectivity index (χ3v) is 17.8. The molecule has 23 heteroatoms. The molecule has 2 aliphatic rings. The average molecular weight is 1310 g/mol. The van der Waals surface area contributed by atoms with Gasteiger partial charge in [-0.1, -0.05) is 220 Å². The summed E-state index contributed by atoms with van der Waals surface area (Å²) in [5.41, 5.74) is 0. The Labute approximate surface area is 536 Å². The monoisotopic (exact) mass is 1310 g/mol. The first-order valence-corrected chi connectivity index (χ1v) is 38.1. The summed E-state index contributed by atoms with van der Waals surface area (Å²) in [6.45, 7) is 7.91. The number of ketones is 1. The second-order valence-corrected chi connectivity index (χ2v) is 27.2. The minimum absolute atomic E-state index is 0.00889. The number of phosphoric acid groups is 2. The number of ether oxygens (including phenoxy) is 7. The number of carbonyl (C=O) groups excluding carboxylic acids is 3. The van der Waals surface area contributed by atoms with Crippen molar-refractivity contribution >= 4 is 33.2 Å². The molecule has 2 heterocycles. The van der Waals surface area contributed by atoms with Crippen LogP contribution in [0, 0.1) is 0 Å². The predicted molar refractivity (Wildman–Crippen MR) is 347 cm³/mol. The van der Waals surface area contributed by atoms with Crippen LogP contribution in [0.15, 0.2) is 12.2 Å². The van der Waals surface area contributed by atoms with E-state index in [0.29, 0.717) is 25.7 Å². The Morgan fingerprint density at radius 1 is 0.472 bits per heavy atom. The molecule has 0 radical (unpaired) electrons. The van der Waals surface area contributed by atoms with Gasteiger partial charge in [-0.2, -0.15) is 0 Å². The molecular weight excluding hydrogens is 1190 g/mol. The highest BCUT2D eigenvalue weighted by molar-refractivity contribution is 7.46. The number of methoxy groups -OCH3 is 2. The Balaban J connectivity index is 2.45. The molecule has 2 rings (SSSR count). The van der Waals surface area contributed by atoms with E-state index in [-0.39, 0.29) is 44.5 Å². The molecule has 0 unspecified atom stereocenters. The molecule has 2 amide bonds. The molecule has 0 aromatic carbocycles. The van der Waals surface area contributed by atoms with Crippen molar-refractivity contribution in [1.82, 2.24) is 10.6 Å². The summed E-state index contributed by atoms with van der Waals surface area (Å²) in [7, 11) is -7.69. The lowest BCUT2D eigenvalue weighted by molar-refractivity contribution is -0.301. The van der Waals surface area contributed by atoms with E-state index in [1.54, 1.807) is 7.11 Å². The van der Waals surface area contributed by atoms with Crippen LogP contribution in [-0.4, -0.2) is 150 Å². The van der Waals surface area contributed by atoms with Crippen molar-refractivity contribution in [2.75, 3.05) is 40.6 Å². The maximum absolute atomic E-state index is 14.1. The maximum Gasteiger partial charge on any atom is 0.472 e. The number of hydrogen-bond acceptors (Lipinski definition) is 15. The van der Waals surface area contributed by atoms with Gasteiger partial charge in [0.2, 0.25) is 11.8 Å². The number of hydrogen-bond donors (Lipinski definition) is 7. The van der Waals surface area contributed by atoms with Gasteiger partial charge < -0.3 is 68.5 Å². The Hall–Kier alpha value is -1.75. The molecule has 0 aliphatic carbocycles. The van der Waals surface area contributed by atoms with Gasteiger partial charge in [-0.25, -0.2) is 9.13 Å². The first kappa shape index (κ1) is 83.3. The number of allylic oxidation sites excluding steroid dienone is 2. The highest BCUT2D eigenvalue weighted by Gasteiger charge is 2.53. The second kappa shape index (κ2) is 52.5. The molecule has 21 nitrogen and oxygen atoms in total. The van der Waals surface area contributed by atoms with Gasteiger partial charge in [-0.3, -0.25) is 23.4 Å². The van der Waals surface area contributed by atoms with Crippen molar-refractivity contribution in [3.8, 4) is 0 Å². The summed E-state index contributed by atoms with van der Waals surface area (Å²) >= 11 is 0. The van der Waals surface area contributed by atoms with E-state index < -0.39 is 102 Å². The molecule has 524 valence electrons. The number of phosphoric ester groups is 2. The molecule has 7 N–H and O–H groups in total. The quantitative estimate of drug-likeness (QED) is 0.0129. The SMILES string of the molecule is CCCCCC/C=C\CCCCCCCCCC(=O)N[C@H]1[C@H](OC[C@H]2O[C@@H](OP(=O)(O)O)[C@H](NC(=O)CC(=O)CCCCCCCCCCC)[C@@H](OCCCCCCCCCC)[C@@H]2O)O[C@H](COC)[C@@H](OP(=O)(O)O)[C@@H]1OCC[C@@H](CCCCCCC)OC. The van der Waals surface area contributed by atoms with Crippen LogP contribution < -0.4 is 10.6 Å². The number of unbranched alkanes of at least 4 members (excludes halogenated alkanes) is 30. The van der Waals surface area contributed by atoms with Gasteiger partial charge in [-0.05, 0) is 57.8 Å². The summed E-state index contributed by atoms with van der Waals surface area (Å²) in [5.74, 6) is -1.52. The van der Waals surface area contributed by atoms with E-state index in [1.807, 2.05) is 0 Å². The maximum atomic E-state index is 14.1. The van der Waals surface area contributed by atoms with Crippen LogP contribution in [0.2, 0.25) is 0 Å². The normalized spacial score (nSPS) is 22.9. The van der Waals surface area contributed by atoms with Gasteiger partial charge in [-0.15, -0.1) is 0 Å². The number of aliphatic hydroxyl groups is 1. The van der Waals surface area contributed by atoms with Crippen LogP contribution in [0.25, 0.3) is 0 Å². The molecule has 89 heavy (non-hydrogen) atoms. The Morgan fingerprint density at radius 2 is 0.921 bits per heavy atom. The molecule has 2 saturated heterocycles. The van der Waals surface area contributed by atoms with Gasteiger partial charge in [0, 0.05) is 40.3 Å². The molecule has 0 spiro atoms. The van der Waals surface area contributed by atoms with E-state index in [9.17, 15) is 48.2 Å². The lowest BCUT2D eigenvalue weighted by Gasteiger charge is -2.47. The molecule has 0 saturated carbocycles. The Morgan fingerprint density at radius 3 is 1.45 bits per heavy atom. The number of amides is 2. The zero-order valence-corrected chi connectivity index (χ0v) is 57.8. The molecule has 0 aromatic rings. The number of nitrogens with one attached hydrogen (secondary N) is 2. The van der Waals surface area contributed by atoms with Crippen LogP contribution in [0.4, 0.5) is 0 Å². The largest absolute Gasteiger partial charge is 0.472 e. The van der Waals surface area contributed by atoms with Crippen molar-refractivity contribution in [1.29, 1.82) is 0 Å². The second-order valence-electron chi connectivity index (χ2n) is 24.8. The van der Waals surface area contributed by atoms with Crippen LogP contribution >= 0.6 is 15.6 Å². The Kier molecular flexibility index (Phi) is 49.2. The molecule has 0 bridgehead atoms. The lowest BCUT2D eigenvalue weighted by atomic mass is 9.95. The Bertz CT molecular complexity index is 1900. The number of rotatable bonds is 59. The topological polar surface area (TPSA) is 294 Å². The smallest absolute Gasteiger partial charge is 0.388 e. The first-order valence-electron chi connectivity index (χ1n) is 35.0. The summed E-state index contributed by atoms with van der Waals surface area (Å²) in [6.07, 6.45) is 29.6. The van der Waals surface area contributed by atoms with Crippen molar-refractivity contribution in [3.63, 3.8) is 0 Å². The number of carbonyl (C=O) groups is 3. The molecule has 11 atom stereocenters. The van der Waals surface area contributed by atoms with Crippen LogP contribution in [-0.2, 0) is 65.7 Å². The minimum Gasteiger partial charge on any atom is -0.388 e. The summed E-state index contributed by atoms with van der Waals surface area (Å²) in [5, 5.41) is 17.9. The first-order chi connectivity index (χ1) is 42.9. The van der Waals surface area contributed by atoms with E-state index >= 15 is 0 Å². The lowest BCUT2D eigenvalue weighted by Crippen LogP contribution is -2.67. The van der Waals surface area contributed by atoms with Gasteiger partial charge in [0.15, 0.2) is 12.6 Å². The highest BCUT2D eigenvalue weighted by atomic mass is 31.2. The number of aliphatic hydroxyl groups excluding tert-OH is 1. The summed E-state index contributed by atoms with van der Waals surface area (Å²) in [4.78, 5) is 82.2. The predicted octanol–water partition coefficient (Wildman–Crippen LogP) is 13.6. The van der Waals surface area contributed by atoms with E-state index in [1.165, 1.54) is 58.5 Å². The number of Topliss-reactive ketones (excluding diaryl/α,β-unsaturated/α-hetero) is 1. The third kappa shape index (κ3) is 41.0. The highest BCUT2D eigenvalue weighted by Crippen LogP contribution is 2.44. The fraction of sp³-hybridized carbons (Fsp3) is 0.924. The van der Waals surface area contributed by atoms with Crippen LogP contribution in [0.1, 0.15) is 285 Å². The fourth-order valence-electron chi connectivity index (χ4n) is 11.7. The van der Waals surface area contributed by atoms with Crippen molar-refractivity contribution in [2.24, 2.45) is 0 Å². The summed E-state index contributed by atoms with van der Waals surface area (Å²) in [6, 6.07) is -2.84. The van der Waals surface area contributed by atoms with Crippen molar-refractivity contribution in [2.45, 2.75) is 352 Å². The zero-order chi connectivity index (χ0) is 65.4. The summed E-state index contributed by atoms with van der Waals surface area (Å²) < 4.78 is 79.3. The molecule has 2 fully saturated rings. The fourth-order valence-corrected chi connectivity index (χ4v) is 12.7. The van der Waals surface area contributed by atoms with Crippen LogP contribution in [0.3, 0.4) is 0 Å². The molecule has 2 aliphatic heterocycles. The third-order valence-electron chi connectivity index (χ3n) is 16.8. The average Bonchev–Trinajstić information content (AvgIpc) is 0.966. The van der Waals surface area contributed by atoms with Crippen molar-refractivity contribution in [3.05, 3.63) is 12.2 Å². The van der Waals surface area contributed by atoms with Gasteiger partial charge in [0.05, 0.1) is 25.7 Å². The standard InChI is InChI=1S/C66H126N2O19P2/c1-7-11-15-19-22-25-26-27-28-29-30-32-34-38-42-46-57(70)67-60-64(82-49-47-54(80-6)45-41-36-18-14-10-4)62(86-88(73,74)75)56(51-79-5)85-65(60)83-52-55-61(72)63(81-48-43-39-35-24-21-17-13-9-3)59(66(84-55)87-89(76,77)78)68-58(71)50-53(69)44-40-37-33-31-23-20-16-12-8-2/h25-26,54-56,59-66,72H,7-24,27-52H2,1-6H3,(H,67,70)(H,68,71)(H2,73,74,75)(H2,76,77,78)/b26-25-/t54-,55-,56-,59-,60-,61-,62-,63-,64-,65-,66+/m1/s1. The van der Waals surface area contributed by atoms with Crippen LogP contribution in [0.5, 0.6) is 0 Å². The van der Waals surface area contributed by atoms with Crippen molar-refractivity contribution < 1.29 is 90.4 Å². The minimum atomic E-state index is -5.39. The zero-order valence-electron chi connectivity index (χ0n) is 56.0. The van der Waals surface area contributed by atoms with E-state index in [4.69, 9.17) is 42.2 Å². The molecular formula is C66H126N2O19P2. The van der Waals surface area contributed by atoms with Gasteiger partial charge in [0.25, 0.3) is 0 Å². The van der Waals surface area contributed by atoms with Gasteiger partial charge in [0.1, 0.15) is 54.5 Å². The van der Waals surface area contributed by atoms with Gasteiger partial charge >= 0.3 is 15.6 Å². The molecule has 0 aromatic heterocycles. The van der Waals surface area contributed by atoms with E-state index in [2.05, 4.69) is 50.5 Å². The van der Waals surface area contributed by atoms with E-state index in [0.717, 1.165) is 161 Å².